The number of fused-ring (bicyclic) bond motifs is 24. The van der Waals surface area contributed by atoms with Gasteiger partial charge in [-0.3, -0.25) is 0 Å². The summed E-state index contributed by atoms with van der Waals surface area (Å²) in [5.74, 6) is 4.86. The van der Waals surface area contributed by atoms with Crippen molar-refractivity contribution in [2.45, 2.75) is 39.0 Å². The molecule has 6 heterocycles. The van der Waals surface area contributed by atoms with E-state index in [1.807, 2.05) is 18.2 Å². The summed E-state index contributed by atoms with van der Waals surface area (Å²) in [5, 5.41) is 21.7. The normalized spacial score (nSPS) is 13.9. The van der Waals surface area contributed by atoms with E-state index < -0.39 is 0 Å². The van der Waals surface area contributed by atoms with Crippen molar-refractivity contribution in [1.82, 2.24) is 39.9 Å². The second kappa shape index (κ2) is 30.6. The van der Waals surface area contributed by atoms with Gasteiger partial charge in [-0.1, -0.05) is 328 Å². The number of nitrogens with zero attached hydrogens (tertiary/aromatic N) is 8. The number of aryl methyl sites for hydroxylation is 2. The highest BCUT2D eigenvalue weighted by Crippen LogP contribution is 2.52. The molecule has 0 saturated heterocycles. The van der Waals surface area contributed by atoms with Crippen molar-refractivity contribution in [2.24, 2.45) is 5.92 Å². The zero-order chi connectivity index (χ0) is 87.5. The van der Waals surface area contributed by atoms with Gasteiger partial charge in [0.05, 0.1) is 22.4 Å². The Kier molecular flexibility index (Phi) is 17.5. The number of rotatable bonds is 12. The molecule has 133 heavy (non-hydrogen) atoms. The molecule has 1 atom stereocenters. The molecule has 18 aromatic carbocycles. The molecule has 10 nitrogen and oxygen atoms in total. The summed E-state index contributed by atoms with van der Waals surface area (Å²) >= 11 is 0. The highest BCUT2D eigenvalue weighted by molar-refractivity contribution is 6.30. The molecule has 0 bridgehead atoms. The summed E-state index contributed by atoms with van der Waals surface area (Å²) in [6, 6.07) is 126. The molecule has 0 radical (unpaired) electrons. The molecule has 0 saturated carbocycles. The van der Waals surface area contributed by atoms with Crippen LogP contribution in [-0.4, -0.2) is 39.9 Å². The number of hydrogen-bond donors (Lipinski definition) is 0. The average molecular weight is 1700 g/mol. The van der Waals surface area contributed by atoms with Gasteiger partial charge in [-0.2, -0.15) is 0 Å². The third-order valence-corrected chi connectivity index (χ3v) is 27.8. The Balaban J connectivity index is 0.601. The van der Waals surface area contributed by atoms with E-state index in [1.54, 1.807) is 0 Å². The Morgan fingerprint density at radius 2 is 0.707 bits per heavy atom. The van der Waals surface area contributed by atoms with E-state index in [2.05, 4.69) is 377 Å². The minimum atomic E-state index is 0.402. The lowest BCUT2D eigenvalue weighted by Crippen LogP contribution is -2.07. The van der Waals surface area contributed by atoms with E-state index in [-0.39, 0.29) is 0 Å². The molecule has 0 N–H and O–H groups in total. The van der Waals surface area contributed by atoms with Gasteiger partial charge in [-0.15, -0.1) is 0 Å². The lowest BCUT2D eigenvalue weighted by atomic mass is 9.84. The van der Waals surface area contributed by atoms with Crippen molar-refractivity contribution in [3.63, 3.8) is 0 Å². The molecule has 6 aromatic heterocycles. The van der Waals surface area contributed by atoms with Crippen LogP contribution in [0.15, 0.2) is 385 Å². The number of para-hydroxylation sites is 2. The number of benzene rings is 18. The third-order valence-electron chi connectivity index (χ3n) is 27.8. The van der Waals surface area contributed by atoms with Crippen molar-refractivity contribution in [2.75, 3.05) is 0 Å². The fourth-order valence-electron chi connectivity index (χ4n) is 21.5. The number of hydrogen-bond acceptors (Lipinski definition) is 10. The van der Waals surface area contributed by atoms with Gasteiger partial charge in [0.25, 0.3) is 0 Å². The summed E-state index contributed by atoms with van der Waals surface area (Å²) in [5.41, 5.74) is 25.9. The van der Waals surface area contributed by atoms with Gasteiger partial charge >= 0.3 is 0 Å². The predicted molar refractivity (Wildman–Crippen MR) is 549 cm³/mol. The van der Waals surface area contributed by atoms with Gasteiger partial charge in [-0.05, 0) is 214 Å². The van der Waals surface area contributed by atoms with Crippen LogP contribution in [0.1, 0.15) is 60.2 Å². The van der Waals surface area contributed by atoms with Crippen molar-refractivity contribution < 1.29 is 8.83 Å². The number of pyridine rings is 2. The first kappa shape index (κ1) is 76.0. The predicted octanol–water partition coefficient (Wildman–Crippen LogP) is 32.0. The van der Waals surface area contributed by atoms with Gasteiger partial charge in [0.2, 0.25) is 0 Å². The van der Waals surface area contributed by atoms with Crippen LogP contribution >= 0.6 is 0 Å². The molecule has 10 heteroatoms. The van der Waals surface area contributed by atoms with E-state index in [4.69, 9.17) is 48.7 Å². The molecule has 0 fully saturated rings. The van der Waals surface area contributed by atoms with Crippen LogP contribution in [-0.2, 0) is 12.8 Å². The van der Waals surface area contributed by atoms with Crippen LogP contribution in [0, 0.1) is 5.92 Å². The molecule has 3 aliphatic rings. The van der Waals surface area contributed by atoms with Gasteiger partial charge in [0.1, 0.15) is 22.5 Å². The molecule has 3 aliphatic carbocycles. The summed E-state index contributed by atoms with van der Waals surface area (Å²) in [4.78, 5) is 43.8. The fraction of sp³-hybridized carbons (Fsp3) is 0.0569. The maximum absolute atomic E-state index is 7.28. The van der Waals surface area contributed by atoms with Crippen LogP contribution in [0.4, 0.5) is 0 Å². The molecular weight excluding hydrogens is 1620 g/mol. The second-order valence-corrected chi connectivity index (χ2v) is 35.6. The minimum absolute atomic E-state index is 0.402. The smallest absolute Gasteiger partial charge is 0.164 e. The van der Waals surface area contributed by atoms with E-state index in [0.717, 1.165) is 204 Å². The zero-order valence-electron chi connectivity index (χ0n) is 72.5. The number of aromatic nitrogens is 8. The highest BCUT2D eigenvalue weighted by atomic mass is 16.3. The van der Waals surface area contributed by atoms with E-state index in [0.29, 0.717) is 40.9 Å². The minimum Gasteiger partial charge on any atom is -0.456 e. The molecular formula is C123H78N8O2. The molecule has 27 rings (SSSR count). The molecule has 622 valence electrons. The maximum Gasteiger partial charge on any atom is 0.164 e. The number of furan rings is 2. The molecule has 1 unspecified atom stereocenters. The fourth-order valence-corrected chi connectivity index (χ4v) is 21.5. The highest BCUT2D eigenvalue weighted by Gasteiger charge is 2.30. The Morgan fingerprint density at radius 3 is 1.35 bits per heavy atom. The first-order valence-electron chi connectivity index (χ1n) is 45.9. The van der Waals surface area contributed by atoms with Crippen LogP contribution in [0.2, 0.25) is 0 Å². The second-order valence-electron chi connectivity index (χ2n) is 35.6. The summed E-state index contributed by atoms with van der Waals surface area (Å²) in [7, 11) is 0. The summed E-state index contributed by atoms with van der Waals surface area (Å²) in [6.07, 6.45) is 18.0. The van der Waals surface area contributed by atoms with Crippen molar-refractivity contribution in [3.05, 3.63) is 410 Å². The molecule has 0 amide bonds. The summed E-state index contributed by atoms with van der Waals surface area (Å²) in [6.45, 7) is 2.26. The molecule has 24 aromatic rings. The summed E-state index contributed by atoms with van der Waals surface area (Å²) < 4.78 is 14.1. The molecule has 0 aliphatic heterocycles. The quantitative estimate of drug-likeness (QED) is 0.109. The van der Waals surface area contributed by atoms with Crippen molar-refractivity contribution in [1.29, 1.82) is 0 Å². The van der Waals surface area contributed by atoms with Crippen LogP contribution in [0.5, 0.6) is 0 Å². The average Bonchev–Trinajstić information content (AvgIpc) is 1.71. The molecule has 0 spiro atoms. The van der Waals surface area contributed by atoms with Gasteiger partial charge < -0.3 is 8.83 Å². The Hall–Kier alpha value is -17.1. The number of allylic oxidation sites excluding steroid dienone is 6. The van der Waals surface area contributed by atoms with Gasteiger partial charge in [0.15, 0.2) is 34.9 Å². The topological polar surface area (TPSA) is 129 Å². The Bertz CT molecular complexity index is 9210. The largest absolute Gasteiger partial charge is 0.456 e. The standard InChI is InChI=1S/C123H78N8O2/c1-71-46-48-76(49-47-71)117-103-70-109-115(111(113(103)97-41-17-20-44-105(97)125-117)81-29-23-31-83(65-81)121-126-118(77-26-6-3-7-27-77)127-122(131-121)84-58-61-94-90-36-10-8-32-86(90)88-34-12-14-38-92(88)99(94)67-84)101-66-80(60-63-107(101)133-109)79-28-22-30-82(64-79)120-128-119(129-123(130-120)85-59-62-95-91-37-11-9-33-87(91)89-35-13-15-39-93(89)100(95)68-85)78-56-52-73(53-57-78)72-50-54-74(55-51-72)110-112-96-40-16-19-43-104(96)124-116(75-24-4-2-5-25-75)102(112)69-108-114(110)98-42-18-21-45-106(98)132-108/h2-17,19-41,43-46,48-58,60-61,63-71H,18,42,47,59,62H2,1H3. The van der Waals surface area contributed by atoms with Crippen molar-refractivity contribution >= 4 is 153 Å². The Morgan fingerprint density at radius 1 is 0.263 bits per heavy atom. The lowest BCUT2D eigenvalue weighted by molar-refractivity contribution is 0.596. The Labute approximate surface area is 764 Å². The van der Waals surface area contributed by atoms with Crippen molar-refractivity contribution in [3.8, 4) is 113 Å². The first-order valence-corrected chi connectivity index (χ1v) is 45.9. The van der Waals surface area contributed by atoms with E-state index in [9.17, 15) is 0 Å². The van der Waals surface area contributed by atoms with E-state index >= 15 is 0 Å². The SMILES string of the molecule is CC1C=CC(c2nc3ccccc3c3c(-c4cccc(-c5nc(-c6ccccc6)nc(-c6ccc7c8ccccc8c8ccccc8c7c6)n5)c4)c4c(cc23)oc2ccc(-c3cccc(-c5nc(C6=Cc7c(c8ccccc8c8ccccc78)CC6)nc(-c6ccc(-c7ccc(-c8c9c%10c(oc9cc9c(-c%11ccccc%11)nc%11ccccc%11c89)C=CCC%10)cc7)cc6)n5)c3)cc24)=CC1. The first-order chi connectivity index (χ1) is 65.8. The van der Waals surface area contributed by atoms with Crippen LogP contribution in [0.3, 0.4) is 0 Å². The van der Waals surface area contributed by atoms with Crippen LogP contribution in [0.25, 0.3) is 266 Å². The third kappa shape index (κ3) is 12.6. The zero-order valence-corrected chi connectivity index (χ0v) is 72.5. The van der Waals surface area contributed by atoms with Gasteiger partial charge in [-0.25, -0.2) is 39.9 Å². The monoisotopic (exact) mass is 1700 g/mol. The lowest BCUT2D eigenvalue weighted by Gasteiger charge is -2.21. The van der Waals surface area contributed by atoms with Crippen LogP contribution < -0.4 is 0 Å². The van der Waals surface area contributed by atoms with Gasteiger partial charge in [0, 0.05) is 98.5 Å². The maximum atomic E-state index is 7.28. The van der Waals surface area contributed by atoms with E-state index in [1.165, 1.54) is 81.5 Å².